The molecule has 7 heterocycles. The van der Waals surface area contributed by atoms with E-state index in [4.69, 9.17) is 19.9 Å². The second-order valence-electron chi connectivity index (χ2n) is 24.6. The van der Waals surface area contributed by atoms with E-state index >= 15 is 0 Å². The molecule has 0 unspecified atom stereocenters. The van der Waals surface area contributed by atoms with E-state index in [2.05, 4.69) is 338 Å². The van der Waals surface area contributed by atoms with Crippen LogP contribution in [0.1, 0.15) is 0 Å². The lowest BCUT2D eigenvalue weighted by Gasteiger charge is -2.35. The summed E-state index contributed by atoms with van der Waals surface area (Å²) in [4.78, 5) is 26.1. The van der Waals surface area contributed by atoms with Gasteiger partial charge in [0.2, 0.25) is 0 Å². The summed E-state index contributed by atoms with van der Waals surface area (Å²) in [7, 11) is 0. The zero-order valence-corrected chi connectivity index (χ0v) is 51.6. The van der Waals surface area contributed by atoms with Gasteiger partial charge in [-0.05, 0) is 84.4 Å². The third-order valence-electron chi connectivity index (χ3n) is 19.3. The second-order valence-corrected chi connectivity index (χ2v) is 24.6. The van der Waals surface area contributed by atoms with Gasteiger partial charge in [0.1, 0.15) is 11.4 Å². The summed E-state index contributed by atoms with van der Waals surface area (Å²) in [6.45, 7) is 0. The molecule has 0 bridgehead atoms. The summed E-state index contributed by atoms with van der Waals surface area (Å²) >= 11 is 0. The van der Waals surface area contributed by atoms with E-state index < -0.39 is 0 Å². The molecule has 0 saturated heterocycles. The second kappa shape index (κ2) is 21.2. The number of hydrogen-bond donors (Lipinski definition) is 1. The largest absolute Gasteiger partial charge is 0.352 e. The Kier molecular flexibility index (Phi) is 11.8. The minimum absolute atomic E-state index is 0.466. The van der Waals surface area contributed by atoms with Crippen LogP contribution in [0.4, 0.5) is 28.4 Å². The first-order valence-corrected chi connectivity index (χ1v) is 32.5. The Morgan fingerprint density at radius 3 is 1.08 bits per heavy atom. The van der Waals surface area contributed by atoms with E-state index in [1.807, 2.05) is 12.1 Å². The van der Waals surface area contributed by atoms with Crippen molar-refractivity contribution in [1.82, 2.24) is 38.2 Å². The zero-order valence-electron chi connectivity index (χ0n) is 51.6. The highest BCUT2D eigenvalue weighted by Gasteiger charge is 2.35. The predicted octanol–water partition coefficient (Wildman–Crippen LogP) is 21.8. The molecule has 6 aromatic heterocycles. The highest BCUT2D eigenvalue weighted by atomic mass is 15.2. The average Bonchev–Trinajstić information content (AvgIpc) is 1.47. The van der Waals surface area contributed by atoms with Crippen LogP contribution >= 0.6 is 0 Å². The highest BCUT2D eigenvalue weighted by molar-refractivity contribution is 6.16. The van der Waals surface area contributed by atoms with Crippen LogP contribution in [-0.4, -0.2) is 38.2 Å². The van der Waals surface area contributed by atoms with Crippen molar-refractivity contribution in [1.29, 1.82) is 0 Å². The lowest BCUT2D eigenvalue weighted by atomic mass is 9.98. The van der Waals surface area contributed by atoms with Crippen LogP contribution in [0.15, 0.2) is 322 Å². The van der Waals surface area contributed by atoms with Crippen LogP contribution in [0, 0.1) is 0 Å². The predicted molar refractivity (Wildman–Crippen MR) is 395 cm³/mol. The molecule has 0 saturated carbocycles. The van der Waals surface area contributed by atoms with Crippen LogP contribution in [0.5, 0.6) is 0 Å². The Morgan fingerprint density at radius 1 is 0.250 bits per heavy atom. The summed E-state index contributed by atoms with van der Waals surface area (Å²) in [5.41, 5.74) is 19.3. The third-order valence-corrected chi connectivity index (χ3v) is 19.3. The van der Waals surface area contributed by atoms with Crippen molar-refractivity contribution in [3.8, 4) is 68.3 Å². The van der Waals surface area contributed by atoms with Crippen molar-refractivity contribution in [2.24, 2.45) is 0 Å². The molecule has 96 heavy (non-hydrogen) atoms. The van der Waals surface area contributed by atoms with Gasteiger partial charge in [-0.25, -0.2) is 19.9 Å². The molecule has 0 radical (unpaired) electrons. The Labute approximate surface area is 550 Å². The fourth-order valence-electron chi connectivity index (χ4n) is 15.2. The number of fused-ring (bicyclic) bond motifs is 14. The summed E-state index contributed by atoms with van der Waals surface area (Å²) < 4.78 is 9.70. The maximum absolute atomic E-state index is 6.58. The number of anilines is 5. The average molecular weight is 1230 g/mol. The van der Waals surface area contributed by atoms with Gasteiger partial charge in [-0.15, -0.1) is 0 Å². The molecule has 10 heteroatoms. The normalized spacial score (nSPS) is 12.2. The Morgan fingerprint density at radius 2 is 0.615 bits per heavy atom. The number of hydrogen-bond acceptors (Lipinski definition) is 6. The molecular formula is C86H54N10. The summed E-state index contributed by atoms with van der Waals surface area (Å²) in [5.74, 6) is 2.88. The maximum Gasteiger partial charge on any atom is 0.168 e. The van der Waals surface area contributed by atoms with Gasteiger partial charge in [0.05, 0.1) is 72.4 Å². The number of para-hydroxylation sites is 11. The van der Waals surface area contributed by atoms with Gasteiger partial charge in [-0.1, -0.05) is 243 Å². The molecule has 13 aromatic carbocycles. The van der Waals surface area contributed by atoms with Crippen LogP contribution in [0.25, 0.3) is 156 Å². The molecule has 10 nitrogen and oxygen atoms in total. The quantitative estimate of drug-likeness (QED) is 0.155. The van der Waals surface area contributed by atoms with Crippen molar-refractivity contribution in [2.75, 3.05) is 10.2 Å². The van der Waals surface area contributed by atoms with Crippen LogP contribution in [-0.2, 0) is 0 Å². The Bertz CT molecular complexity index is 6160. The monoisotopic (exact) mass is 1230 g/mol. The van der Waals surface area contributed by atoms with Crippen molar-refractivity contribution in [2.45, 2.75) is 0 Å². The Hall–Kier alpha value is -13.2. The molecular weight excluding hydrogens is 1170 g/mol. The standard InChI is InChI=1S/C86H54N10/c1-4-27-54(28-5-1)82-88-83(55-29-6-2-7-30-55)90-84(89-82)78-80(93-68-42-18-10-33-59(68)60-34-11-19-43-69(60)93)85(95-72-46-22-14-37-63(72)64-38-15-23-47-73(64)95)91-86(81(78)94-70-44-20-12-35-61(70)62-36-13-21-45-71(62)94)96-74-48-24-16-39-65(74)66-52-51-56(53-77(66)96)58-40-26-50-76-79(58)87-67-41-17-25-49-75(67)92(76)57-31-8-3-9-32-57/h1-53,87H. The molecule has 448 valence electrons. The molecule has 1 N–H and O–H groups in total. The fourth-order valence-corrected chi connectivity index (χ4v) is 15.2. The van der Waals surface area contributed by atoms with Crippen LogP contribution < -0.4 is 10.2 Å². The molecule has 0 spiro atoms. The zero-order chi connectivity index (χ0) is 63.0. The minimum Gasteiger partial charge on any atom is -0.352 e. The SMILES string of the molecule is c1ccc(-c2nc(-c3ccccc3)nc(-c3c(-n4c5ccccc5c5ccccc54)c(-n4c5ccccc5c5ccccc54)nc(-n4c5ccccc5c5ccc(-c6cccc7c6Nc6ccccc6N7c6ccccc6)cc54)c3-n3c4ccccc4c4ccccc43)n2)cc1. The van der Waals surface area contributed by atoms with Crippen LogP contribution in [0.2, 0.25) is 0 Å². The topological polar surface area (TPSA) is 86.5 Å². The lowest BCUT2D eigenvalue weighted by molar-refractivity contribution is 0.952. The van der Waals surface area contributed by atoms with Crippen molar-refractivity contribution >= 4 is 116 Å². The van der Waals surface area contributed by atoms with Gasteiger partial charge >= 0.3 is 0 Å². The van der Waals surface area contributed by atoms with Gasteiger partial charge in [-0.3, -0.25) is 9.13 Å². The first kappa shape index (κ1) is 53.5. The number of nitrogens with one attached hydrogen (secondary N) is 1. The highest BCUT2D eigenvalue weighted by Crippen LogP contribution is 2.53. The number of pyridine rings is 1. The van der Waals surface area contributed by atoms with Gasteiger partial charge in [0.15, 0.2) is 29.1 Å². The van der Waals surface area contributed by atoms with E-state index in [0.717, 1.165) is 155 Å². The van der Waals surface area contributed by atoms with E-state index in [-0.39, 0.29) is 0 Å². The van der Waals surface area contributed by atoms with Crippen LogP contribution in [0.3, 0.4) is 0 Å². The maximum atomic E-state index is 6.58. The molecule has 0 aliphatic carbocycles. The summed E-state index contributed by atoms with van der Waals surface area (Å²) in [6.07, 6.45) is 0. The minimum atomic E-state index is 0.466. The molecule has 0 fully saturated rings. The summed E-state index contributed by atoms with van der Waals surface area (Å²) in [6, 6.07) is 115. The third kappa shape index (κ3) is 7.99. The number of nitrogens with zero attached hydrogens (tertiary/aromatic N) is 9. The van der Waals surface area contributed by atoms with Crippen molar-refractivity contribution < 1.29 is 0 Å². The van der Waals surface area contributed by atoms with Gasteiger partial charge in [0.25, 0.3) is 0 Å². The van der Waals surface area contributed by atoms with E-state index in [0.29, 0.717) is 29.1 Å². The van der Waals surface area contributed by atoms with Gasteiger partial charge in [0, 0.05) is 65.5 Å². The first-order chi connectivity index (χ1) is 47.7. The number of rotatable bonds is 9. The van der Waals surface area contributed by atoms with Gasteiger partial charge < -0.3 is 19.4 Å². The van der Waals surface area contributed by atoms with E-state index in [1.165, 1.54) is 0 Å². The molecule has 0 amide bonds. The molecule has 1 aliphatic rings. The molecule has 1 aliphatic heterocycles. The fraction of sp³-hybridized carbons (Fsp3) is 0. The lowest BCUT2D eigenvalue weighted by Crippen LogP contribution is -2.18. The van der Waals surface area contributed by atoms with Crippen molar-refractivity contribution in [3.63, 3.8) is 0 Å². The molecule has 0 atom stereocenters. The molecule has 20 rings (SSSR count). The molecule has 19 aromatic rings. The first-order valence-electron chi connectivity index (χ1n) is 32.5. The van der Waals surface area contributed by atoms with E-state index in [9.17, 15) is 0 Å². The number of aromatic nitrogens is 8. The van der Waals surface area contributed by atoms with Crippen molar-refractivity contribution in [3.05, 3.63) is 322 Å². The Balaban J connectivity index is 1.02. The smallest absolute Gasteiger partial charge is 0.168 e. The summed E-state index contributed by atoms with van der Waals surface area (Å²) in [5, 5.41) is 12.7. The van der Waals surface area contributed by atoms with Gasteiger partial charge in [-0.2, -0.15) is 0 Å². The van der Waals surface area contributed by atoms with E-state index in [1.54, 1.807) is 0 Å². The number of benzene rings is 13.